The Labute approximate surface area is 112 Å². The summed E-state index contributed by atoms with van der Waals surface area (Å²) in [5.41, 5.74) is 1.96. The van der Waals surface area contributed by atoms with E-state index in [1.165, 1.54) is 5.56 Å². The van der Waals surface area contributed by atoms with E-state index in [4.69, 9.17) is 0 Å². The third-order valence-electron chi connectivity index (χ3n) is 2.84. The topological polar surface area (TPSA) is 69.8 Å². The summed E-state index contributed by atoms with van der Waals surface area (Å²) in [5.74, 6) is 0.806. The number of nitrogens with zero attached hydrogens (tertiary/aromatic N) is 1. The molecule has 0 bridgehead atoms. The maximum Gasteiger partial charge on any atom is 0.224 e. The number of nitrogens with one attached hydrogen (secondary N) is 3. The molecule has 0 aliphatic rings. The third-order valence-corrected chi connectivity index (χ3v) is 2.84. The standard InChI is InChI=1S/C14H18N4O/c1-15-13-6-5-12(10-17-13)18-14(19)4-2-3-11-7-8-16-9-11/h5-10,16H,2-4H2,1H3,(H,15,17)(H,18,19). The zero-order valence-corrected chi connectivity index (χ0v) is 10.9. The lowest BCUT2D eigenvalue weighted by molar-refractivity contribution is -0.116. The van der Waals surface area contributed by atoms with Gasteiger partial charge in [-0.2, -0.15) is 0 Å². The molecule has 0 aromatic carbocycles. The summed E-state index contributed by atoms with van der Waals surface area (Å²) in [4.78, 5) is 18.9. The first-order chi connectivity index (χ1) is 9.28. The molecule has 100 valence electrons. The maximum atomic E-state index is 11.7. The molecule has 19 heavy (non-hydrogen) atoms. The summed E-state index contributed by atoms with van der Waals surface area (Å²) in [5, 5.41) is 5.77. The summed E-state index contributed by atoms with van der Waals surface area (Å²) in [7, 11) is 1.81. The van der Waals surface area contributed by atoms with Gasteiger partial charge in [0, 0.05) is 25.9 Å². The number of hydrogen-bond donors (Lipinski definition) is 3. The smallest absolute Gasteiger partial charge is 0.224 e. The van der Waals surface area contributed by atoms with Crippen LogP contribution in [0.25, 0.3) is 0 Å². The number of carbonyl (C=O) groups excluding carboxylic acids is 1. The summed E-state index contributed by atoms with van der Waals surface area (Å²) >= 11 is 0. The molecule has 0 unspecified atom stereocenters. The van der Waals surface area contributed by atoms with Gasteiger partial charge >= 0.3 is 0 Å². The first-order valence-corrected chi connectivity index (χ1v) is 6.33. The highest BCUT2D eigenvalue weighted by Gasteiger charge is 2.03. The van der Waals surface area contributed by atoms with E-state index in [0.29, 0.717) is 6.42 Å². The number of H-pyrrole nitrogens is 1. The number of aromatic amines is 1. The third kappa shape index (κ3) is 4.13. The molecule has 3 N–H and O–H groups in total. The Morgan fingerprint density at radius 1 is 1.37 bits per heavy atom. The quantitative estimate of drug-likeness (QED) is 0.745. The molecule has 5 heteroatoms. The van der Waals surface area contributed by atoms with Crippen LogP contribution in [0.2, 0.25) is 0 Å². The van der Waals surface area contributed by atoms with Crippen molar-refractivity contribution < 1.29 is 4.79 Å². The van der Waals surface area contributed by atoms with Gasteiger partial charge in [0.1, 0.15) is 5.82 Å². The summed E-state index contributed by atoms with van der Waals surface area (Å²) in [6.45, 7) is 0. The average Bonchev–Trinajstić information content (AvgIpc) is 2.93. The highest BCUT2D eigenvalue weighted by Crippen LogP contribution is 2.10. The fourth-order valence-corrected chi connectivity index (χ4v) is 1.81. The minimum absolute atomic E-state index is 0.0227. The molecule has 2 aromatic heterocycles. The summed E-state index contributed by atoms with van der Waals surface area (Å²) in [6.07, 6.45) is 7.76. The monoisotopic (exact) mass is 258 g/mol. The van der Waals surface area contributed by atoms with Crippen LogP contribution in [0, 0.1) is 0 Å². The second kappa shape index (κ2) is 6.58. The van der Waals surface area contributed by atoms with Gasteiger partial charge in [-0.3, -0.25) is 4.79 Å². The van der Waals surface area contributed by atoms with E-state index >= 15 is 0 Å². The van der Waals surface area contributed by atoms with E-state index in [-0.39, 0.29) is 5.91 Å². The van der Waals surface area contributed by atoms with Crippen molar-refractivity contribution in [3.63, 3.8) is 0 Å². The molecule has 0 aliphatic carbocycles. The molecule has 2 heterocycles. The van der Waals surface area contributed by atoms with Gasteiger partial charge in [0.15, 0.2) is 0 Å². The van der Waals surface area contributed by atoms with E-state index in [1.807, 2.05) is 37.6 Å². The van der Waals surface area contributed by atoms with Crippen LogP contribution < -0.4 is 10.6 Å². The number of rotatable bonds is 6. The fraction of sp³-hybridized carbons (Fsp3) is 0.286. The number of anilines is 2. The molecule has 1 amide bonds. The van der Waals surface area contributed by atoms with Gasteiger partial charge in [0.2, 0.25) is 5.91 Å². The van der Waals surface area contributed by atoms with Crippen molar-refractivity contribution in [3.8, 4) is 0 Å². The zero-order chi connectivity index (χ0) is 13.5. The predicted molar refractivity (Wildman–Crippen MR) is 76.1 cm³/mol. The van der Waals surface area contributed by atoms with Crippen LogP contribution >= 0.6 is 0 Å². The van der Waals surface area contributed by atoms with Crippen molar-refractivity contribution in [2.24, 2.45) is 0 Å². The van der Waals surface area contributed by atoms with E-state index < -0.39 is 0 Å². The largest absolute Gasteiger partial charge is 0.373 e. The van der Waals surface area contributed by atoms with E-state index in [0.717, 1.165) is 24.3 Å². The van der Waals surface area contributed by atoms with Crippen LogP contribution in [0.1, 0.15) is 18.4 Å². The summed E-state index contributed by atoms with van der Waals surface area (Å²) < 4.78 is 0. The van der Waals surface area contributed by atoms with Crippen LogP contribution in [0.15, 0.2) is 36.8 Å². The Morgan fingerprint density at radius 2 is 2.26 bits per heavy atom. The Hall–Kier alpha value is -2.30. The first-order valence-electron chi connectivity index (χ1n) is 6.33. The Balaban J connectivity index is 1.74. The molecule has 5 nitrogen and oxygen atoms in total. The number of aryl methyl sites for hydroxylation is 1. The Morgan fingerprint density at radius 3 is 2.89 bits per heavy atom. The lowest BCUT2D eigenvalue weighted by atomic mass is 10.1. The van der Waals surface area contributed by atoms with Gasteiger partial charge in [-0.1, -0.05) is 0 Å². The van der Waals surface area contributed by atoms with Gasteiger partial charge < -0.3 is 15.6 Å². The molecule has 0 aliphatic heterocycles. The van der Waals surface area contributed by atoms with Crippen molar-refractivity contribution in [1.29, 1.82) is 0 Å². The van der Waals surface area contributed by atoms with Gasteiger partial charge in [-0.05, 0) is 36.6 Å². The minimum atomic E-state index is 0.0227. The lowest BCUT2D eigenvalue weighted by Gasteiger charge is -2.05. The van der Waals surface area contributed by atoms with E-state index in [1.54, 1.807) is 6.20 Å². The molecule has 0 saturated heterocycles. The number of pyridine rings is 1. The molecule has 0 saturated carbocycles. The fourth-order valence-electron chi connectivity index (χ4n) is 1.81. The van der Waals surface area contributed by atoms with E-state index in [2.05, 4.69) is 20.6 Å². The van der Waals surface area contributed by atoms with Crippen molar-refractivity contribution in [3.05, 3.63) is 42.4 Å². The first kappa shape index (κ1) is 13.1. The predicted octanol–water partition coefficient (Wildman–Crippen LogP) is 2.41. The molecule has 2 rings (SSSR count). The van der Waals surface area contributed by atoms with Crippen LogP contribution in [0.3, 0.4) is 0 Å². The SMILES string of the molecule is CNc1ccc(NC(=O)CCCc2cc[nH]c2)cn1. The van der Waals surface area contributed by atoms with Gasteiger partial charge in [0.05, 0.1) is 11.9 Å². The Bertz CT molecular complexity index is 505. The van der Waals surface area contributed by atoms with Crippen LogP contribution in [-0.4, -0.2) is 22.9 Å². The molecular weight excluding hydrogens is 240 g/mol. The van der Waals surface area contributed by atoms with Crippen LogP contribution in [0.4, 0.5) is 11.5 Å². The molecule has 0 spiro atoms. The molecular formula is C14H18N4O. The van der Waals surface area contributed by atoms with Crippen molar-refractivity contribution >= 4 is 17.4 Å². The number of hydrogen-bond acceptors (Lipinski definition) is 3. The minimum Gasteiger partial charge on any atom is -0.373 e. The van der Waals surface area contributed by atoms with E-state index in [9.17, 15) is 4.79 Å². The van der Waals surface area contributed by atoms with Crippen LogP contribution in [-0.2, 0) is 11.2 Å². The molecule has 0 atom stereocenters. The number of carbonyl (C=O) groups is 1. The van der Waals surface area contributed by atoms with Gasteiger partial charge in [-0.15, -0.1) is 0 Å². The highest BCUT2D eigenvalue weighted by atomic mass is 16.1. The van der Waals surface area contributed by atoms with Crippen molar-refractivity contribution in [2.45, 2.75) is 19.3 Å². The lowest BCUT2D eigenvalue weighted by Crippen LogP contribution is -2.11. The number of aromatic nitrogens is 2. The molecule has 0 radical (unpaired) electrons. The number of amides is 1. The Kier molecular flexibility index (Phi) is 4.55. The van der Waals surface area contributed by atoms with Crippen molar-refractivity contribution in [2.75, 3.05) is 17.7 Å². The second-order valence-corrected chi connectivity index (χ2v) is 4.30. The normalized spacial score (nSPS) is 10.2. The van der Waals surface area contributed by atoms with Crippen LogP contribution in [0.5, 0.6) is 0 Å². The van der Waals surface area contributed by atoms with Crippen molar-refractivity contribution in [1.82, 2.24) is 9.97 Å². The molecule has 2 aromatic rings. The average molecular weight is 258 g/mol. The maximum absolute atomic E-state index is 11.7. The highest BCUT2D eigenvalue weighted by molar-refractivity contribution is 5.90. The zero-order valence-electron chi connectivity index (χ0n) is 10.9. The summed E-state index contributed by atoms with van der Waals surface area (Å²) in [6, 6.07) is 5.69. The molecule has 0 fully saturated rings. The second-order valence-electron chi connectivity index (χ2n) is 4.30. The van der Waals surface area contributed by atoms with Gasteiger partial charge in [0.25, 0.3) is 0 Å². The van der Waals surface area contributed by atoms with Gasteiger partial charge in [-0.25, -0.2) is 4.98 Å².